The highest BCUT2D eigenvalue weighted by molar-refractivity contribution is 7.14. The molecule has 0 atom stereocenters. The van der Waals surface area contributed by atoms with Gasteiger partial charge < -0.3 is 0 Å². The van der Waals surface area contributed by atoms with Crippen LogP contribution >= 0.6 is 11.3 Å². The first kappa shape index (κ1) is 12.6. The van der Waals surface area contributed by atoms with Crippen molar-refractivity contribution in [3.63, 3.8) is 0 Å². The molecule has 0 saturated carbocycles. The first-order chi connectivity index (χ1) is 8.22. The van der Waals surface area contributed by atoms with Gasteiger partial charge in [0.25, 0.3) is 5.91 Å². The fraction of sp³-hybridized carbons (Fsp3) is 0.615. The van der Waals surface area contributed by atoms with Crippen LogP contribution in [0.15, 0.2) is 6.07 Å². The predicted molar refractivity (Wildman–Crippen MR) is 69.3 cm³/mol. The number of amides is 1. The molecule has 0 aromatic carbocycles. The molecule has 0 aliphatic carbocycles. The van der Waals surface area contributed by atoms with Gasteiger partial charge in [-0.3, -0.25) is 9.63 Å². The molecule has 17 heavy (non-hydrogen) atoms. The molecule has 0 bridgehead atoms. The lowest BCUT2D eigenvalue weighted by molar-refractivity contribution is -0.143. The van der Waals surface area contributed by atoms with Crippen LogP contribution in [0, 0.1) is 6.92 Å². The Labute approximate surface area is 106 Å². The number of carbonyl (C=O) groups excluding carboxylic acids is 1. The lowest BCUT2D eigenvalue weighted by Crippen LogP contribution is -2.35. The van der Waals surface area contributed by atoms with Gasteiger partial charge in [0, 0.05) is 11.4 Å². The molecule has 1 aliphatic rings. The Morgan fingerprint density at radius 1 is 1.53 bits per heavy atom. The van der Waals surface area contributed by atoms with Gasteiger partial charge in [-0.2, -0.15) is 0 Å². The quantitative estimate of drug-likeness (QED) is 0.828. The normalized spacial score (nSPS) is 16.2. The number of hydroxylamine groups is 2. The number of hydrogen-bond donors (Lipinski definition) is 0. The number of nitrogens with zero attached hydrogens (tertiary/aromatic N) is 1. The zero-order valence-electron chi connectivity index (χ0n) is 10.5. The number of carbonyl (C=O) groups is 1. The Morgan fingerprint density at radius 3 is 3.00 bits per heavy atom. The second kappa shape index (κ2) is 5.65. The van der Waals surface area contributed by atoms with Gasteiger partial charge in [0.2, 0.25) is 0 Å². The van der Waals surface area contributed by atoms with E-state index in [0.29, 0.717) is 6.61 Å². The second-order valence-electron chi connectivity index (χ2n) is 4.39. The molecule has 1 aromatic heterocycles. The van der Waals surface area contributed by atoms with Gasteiger partial charge in [-0.25, -0.2) is 5.06 Å². The lowest BCUT2D eigenvalue weighted by atomic mass is 10.1. The Kier molecular flexibility index (Phi) is 4.18. The smallest absolute Gasteiger partial charge is 0.271 e. The fourth-order valence-corrected chi connectivity index (χ4v) is 3.03. The summed E-state index contributed by atoms with van der Waals surface area (Å²) in [5.41, 5.74) is 1.30. The van der Waals surface area contributed by atoms with Crippen LogP contribution in [0.4, 0.5) is 0 Å². The van der Waals surface area contributed by atoms with Crippen molar-refractivity contribution in [3.8, 4) is 0 Å². The Bertz CT molecular complexity index is 394. The van der Waals surface area contributed by atoms with Gasteiger partial charge in [-0.05, 0) is 37.8 Å². The van der Waals surface area contributed by atoms with Crippen molar-refractivity contribution in [2.45, 2.75) is 39.5 Å². The van der Waals surface area contributed by atoms with Crippen LogP contribution in [0.1, 0.15) is 46.3 Å². The number of thiophene rings is 1. The number of rotatable bonds is 3. The summed E-state index contributed by atoms with van der Waals surface area (Å²) >= 11 is 1.58. The average Bonchev–Trinajstić information content (AvgIpc) is 2.72. The van der Waals surface area contributed by atoms with Crippen LogP contribution in [0.5, 0.6) is 0 Å². The van der Waals surface area contributed by atoms with Gasteiger partial charge in [0.1, 0.15) is 0 Å². The molecule has 0 spiro atoms. The molecule has 4 heteroatoms. The zero-order valence-corrected chi connectivity index (χ0v) is 11.3. The monoisotopic (exact) mass is 253 g/mol. The summed E-state index contributed by atoms with van der Waals surface area (Å²) in [4.78, 5) is 19.6. The molecule has 2 heterocycles. The van der Waals surface area contributed by atoms with Crippen molar-refractivity contribution in [2.75, 3.05) is 13.2 Å². The highest BCUT2D eigenvalue weighted by Gasteiger charge is 2.21. The van der Waals surface area contributed by atoms with Crippen LogP contribution in [0.3, 0.4) is 0 Å². The van der Waals surface area contributed by atoms with E-state index in [9.17, 15) is 4.79 Å². The van der Waals surface area contributed by atoms with Gasteiger partial charge in [0.15, 0.2) is 0 Å². The SMILES string of the molecule is CCCc1cc(C(=O)N2CCCCO2)sc1C. The molecular formula is C13H19NO2S. The van der Waals surface area contributed by atoms with E-state index in [1.165, 1.54) is 15.5 Å². The molecule has 1 amide bonds. The molecular weight excluding hydrogens is 234 g/mol. The molecule has 1 aromatic rings. The first-order valence-electron chi connectivity index (χ1n) is 6.26. The lowest BCUT2D eigenvalue weighted by Gasteiger charge is -2.25. The van der Waals surface area contributed by atoms with E-state index in [-0.39, 0.29) is 5.91 Å². The minimum atomic E-state index is 0.0279. The van der Waals surface area contributed by atoms with E-state index in [4.69, 9.17) is 4.84 Å². The summed E-state index contributed by atoms with van der Waals surface area (Å²) < 4.78 is 0. The van der Waals surface area contributed by atoms with Crippen LogP contribution in [0.2, 0.25) is 0 Å². The highest BCUT2D eigenvalue weighted by Crippen LogP contribution is 2.25. The minimum Gasteiger partial charge on any atom is -0.271 e. The third-order valence-electron chi connectivity index (χ3n) is 2.98. The maximum Gasteiger partial charge on any atom is 0.287 e. The summed E-state index contributed by atoms with van der Waals surface area (Å²) in [7, 11) is 0. The van der Waals surface area contributed by atoms with Crippen LogP contribution < -0.4 is 0 Å². The van der Waals surface area contributed by atoms with Crippen molar-refractivity contribution in [3.05, 3.63) is 21.4 Å². The van der Waals surface area contributed by atoms with E-state index in [0.717, 1.165) is 37.1 Å². The van der Waals surface area contributed by atoms with Crippen molar-refractivity contribution in [1.82, 2.24) is 5.06 Å². The van der Waals surface area contributed by atoms with E-state index in [2.05, 4.69) is 13.8 Å². The Balaban J connectivity index is 2.10. The molecule has 2 rings (SSSR count). The molecule has 94 valence electrons. The largest absolute Gasteiger partial charge is 0.287 e. The maximum atomic E-state index is 12.2. The van der Waals surface area contributed by atoms with E-state index in [1.807, 2.05) is 6.07 Å². The van der Waals surface area contributed by atoms with Crippen molar-refractivity contribution in [1.29, 1.82) is 0 Å². The molecule has 0 unspecified atom stereocenters. The van der Waals surface area contributed by atoms with Crippen LogP contribution in [-0.4, -0.2) is 24.1 Å². The summed E-state index contributed by atoms with van der Waals surface area (Å²) in [6, 6.07) is 2.03. The summed E-state index contributed by atoms with van der Waals surface area (Å²) in [5.74, 6) is 0.0279. The Morgan fingerprint density at radius 2 is 2.35 bits per heavy atom. The minimum absolute atomic E-state index is 0.0279. The van der Waals surface area contributed by atoms with Crippen LogP contribution in [0.25, 0.3) is 0 Å². The summed E-state index contributed by atoms with van der Waals surface area (Å²) in [6.07, 6.45) is 4.26. The molecule has 1 saturated heterocycles. The molecule has 1 fully saturated rings. The third kappa shape index (κ3) is 2.87. The molecule has 0 N–H and O–H groups in total. The third-order valence-corrected chi connectivity index (χ3v) is 4.06. The molecule has 0 radical (unpaired) electrons. The van der Waals surface area contributed by atoms with Crippen molar-refractivity contribution >= 4 is 17.2 Å². The first-order valence-corrected chi connectivity index (χ1v) is 7.08. The average molecular weight is 253 g/mol. The van der Waals surface area contributed by atoms with Gasteiger partial charge in [0.05, 0.1) is 11.5 Å². The molecule has 1 aliphatic heterocycles. The predicted octanol–water partition coefficient (Wildman–Crippen LogP) is 3.18. The standard InChI is InChI=1S/C13H19NO2S/c1-3-6-11-9-12(17-10(11)2)13(15)14-7-4-5-8-16-14/h9H,3-8H2,1-2H3. The van der Waals surface area contributed by atoms with Gasteiger partial charge in [-0.1, -0.05) is 13.3 Å². The molecule has 3 nitrogen and oxygen atoms in total. The van der Waals surface area contributed by atoms with E-state index < -0.39 is 0 Å². The summed E-state index contributed by atoms with van der Waals surface area (Å²) in [5, 5.41) is 1.52. The van der Waals surface area contributed by atoms with Gasteiger partial charge in [-0.15, -0.1) is 11.3 Å². The number of aryl methyl sites for hydroxylation is 2. The van der Waals surface area contributed by atoms with Crippen LogP contribution in [-0.2, 0) is 11.3 Å². The topological polar surface area (TPSA) is 29.5 Å². The van der Waals surface area contributed by atoms with E-state index >= 15 is 0 Å². The summed E-state index contributed by atoms with van der Waals surface area (Å²) in [6.45, 7) is 5.63. The van der Waals surface area contributed by atoms with Crippen molar-refractivity contribution < 1.29 is 9.63 Å². The number of hydrogen-bond acceptors (Lipinski definition) is 3. The zero-order chi connectivity index (χ0) is 12.3. The van der Waals surface area contributed by atoms with Gasteiger partial charge >= 0.3 is 0 Å². The van der Waals surface area contributed by atoms with Crippen molar-refractivity contribution in [2.24, 2.45) is 0 Å². The fourth-order valence-electron chi connectivity index (χ4n) is 2.02. The second-order valence-corrected chi connectivity index (χ2v) is 5.65. The Hall–Kier alpha value is -0.870. The van der Waals surface area contributed by atoms with E-state index in [1.54, 1.807) is 11.3 Å². The maximum absolute atomic E-state index is 12.2. The highest BCUT2D eigenvalue weighted by atomic mass is 32.1.